The highest BCUT2D eigenvalue weighted by Gasteiger charge is 2.54. The van der Waals surface area contributed by atoms with Crippen molar-refractivity contribution < 1.29 is 33.7 Å². The molecule has 4 aliphatic rings. The van der Waals surface area contributed by atoms with Crippen molar-refractivity contribution in [2.24, 2.45) is 11.8 Å². The number of allylic oxidation sites excluding steroid dienone is 2. The second-order valence-electron chi connectivity index (χ2n) is 13.9. The summed E-state index contributed by atoms with van der Waals surface area (Å²) in [5.74, 6) is -0.341. The van der Waals surface area contributed by atoms with Gasteiger partial charge in [0, 0.05) is 17.7 Å². The van der Waals surface area contributed by atoms with Crippen LogP contribution in [0, 0.1) is 11.8 Å². The lowest BCUT2D eigenvalue weighted by Gasteiger charge is -2.30. The summed E-state index contributed by atoms with van der Waals surface area (Å²) in [6.45, 7) is 2.35. The van der Waals surface area contributed by atoms with Crippen molar-refractivity contribution in [3.8, 4) is 11.6 Å². The number of carbonyl (C=O) groups is 3. The second-order valence-corrected chi connectivity index (χ2v) is 13.9. The van der Waals surface area contributed by atoms with Crippen molar-refractivity contribution in [2.75, 3.05) is 6.54 Å². The Bertz CT molecular complexity index is 1710. The van der Waals surface area contributed by atoms with Crippen molar-refractivity contribution in [3.05, 3.63) is 77.9 Å². The van der Waals surface area contributed by atoms with Crippen LogP contribution in [0.25, 0.3) is 10.9 Å². The second kappa shape index (κ2) is 13.5. The third-order valence-electron chi connectivity index (χ3n) is 10.5. The number of ether oxygens (including phenoxy) is 3. The van der Waals surface area contributed by atoms with E-state index >= 15 is 0 Å². The lowest BCUT2D eigenvalue weighted by atomic mass is 9.96. The molecule has 10 nitrogen and oxygen atoms in total. The average Bonchev–Trinajstić information content (AvgIpc) is 3.44. The number of carboxylic acid groups (broad SMARTS) is 1. The zero-order valence-corrected chi connectivity index (χ0v) is 27.3. The molecule has 2 aliphatic heterocycles. The summed E-state index contributed by atoms with van der Waals surface area (Å²) < 4.78 is 19.0. The van der Waals surface area contributed by atoms with Gasteiger partial charge in [-0.3, -0.25) is 4.79 Å². The Morgan fingerprint density at radius 2 is 1.83 bits per heavy atom. The van der Waals surface area contributed by atoms with Gasteiger partial charge in [-0.25, -0.2) is 14.6 Å². The molecule has 0 radical (unpaired) electrons. The Morgan fingerprint density at radius 1 is 1.06 bits per heavy atom. The molecule has 1 aromatic heterocycles. The number of carbonyl (C=O) groups excluding carboxylic acids is 2. The van der Waals surface area contributed by atoms with Gasteiger partial charge in [-0.05, 0) is 69.1 Å². The number of nitrogens with zero attached hydrogens (tertiary/aromatic N) is 2. The van der Waals surface area contributed by atoms with Crippen LogP contribution in [0.15, 0.2) is 66.7 Å². The minimum absolute atomic E-state index is 0.0551. The van der Waals surface area contributed by atoms with Gasteiger partial charge in [0.05, 0.1) is 17.6 Å². The van der Waals surface area contributed by atoms with E-state index in [9.17, 15) is 19.5 Å². The maximum atomic E-state index is 14.2. The Labute approximate surface area is 280 Å². The molecule has 3 aromatic rings. The molecule has 2 aromatic carbocycles. The highest BCUT2D eigenvalue weighted by Crippen LogP contribution is 2.49. The van der Waals surface area contributed by atoms with Crippen molar-refractivity contribution in [1.29, 1.82) is 0 Å². The van der Waals surface area contributed by atoms with Crippen molar-refractivity contribution >= 4 is 28.9 Å². The van der Waals surface area contributed by atoms with Gasteiger partial charge in [0.1, 0.15) is 36.1 Å². The molecule has 0 spiro atoms. The molecule has 252 valence electrons. The molecule has 1 unspecified atom stereocenters. The third kappa shape index (κ3) is 6.70. The number of alkyl carbamates (subject to hydrolysis) is 1. The van der Waals surface area contributed by atoms with Crippen molar-refractivity contribution in [3.63, 3.8) is 0 Å². The number of para-hydroxylation sites is 1. The summed E-state index contributed by atoms with van der Waals surface area (Å²) in [5, 5.41) is 14.0. The van der Waals surface area contributed by atoms with E-state index in [0.717, 1.165) is 61.5 Å². The first kappa shape index (κ1) is 32.0. The topological polar surface area (TPSA) is 127 Å². The summed E-state index contributed by atoms with van der Waals surface area (Å²) in [4.78, 5) is 46.3. The fourth-order valence-electron chi connectivity index (χ4n) is 7.69. The van der Waals surface area contributed by atoms with E-state index in [1.54, 1.807) is 0 Å². The maximum Gasteiger partial charge on any atom is 0.408 e. The number of carboxylic acids is 1. The molecule has 1 saturated heterocycles. The molecular formula is C38H43N3O7. The van der Waals surface area contributed by atoms with Gasteiger partial charge in [0.15, 0.2) is 0 Å². The van der Waals surface area contributed by atoms with E-state index in [1.807, 2.05) is 61.5 Å². The molecule has 2 bridgehead atoms. The molecule has 7 rings (SSSR count). The summed E-state index contributed by atoms with van der Waals surface area (Å²) in [6.07, 6.45) is 9.45. The van der Waals surface area contributed by atoms with Crippen molar-refractivity contribution in [2.45, 2.75) is 95.1 Å². The normalized spacial score (nSPS) is 28.6. The van der Waals surface area contributed by atoms with Gasteiger partial charge in [-0.2, -0.15) is 0 Å². The van der Waals surface area contributed by atoms with Gasteiger partial charge in [0.25, 0.3) is 0 Å². The Kier molecular flexibility index (Phi) is 8.98. The summed E-state index contributed by atoms with van der Waals surface area (Å²) in [5.41, 5.74) is 1.91. The molecular weight excluding hydrogens is 610 g/mol. The molecule has 2 N–H and O–H groups in total. The standard InChI is InChI=1S/C38H43N3O7/c1-38-21-26(38)16-6-3-7-18-29-33(46-23-24-12-4-2-5-13-24)28-17-10-11-19-30(28)39-34(29)47-27-20-31(36(43)44)41(22-27)35(42)32(40-37(45)48-38)25-14-8-9-15-25/h2-5,7,10-13,17,19,25-27,31-32H,6,8-9,14-16,18,20-23H2,1H3,(H,40,45)(H,43,44)/b7-3+/t26-,27?,31+,32+,38-/m1/s1. The number of nitrogens with one attached hydrogen (secondary N) is 1. The maximum absolute atomic E-state index is 14.2. The van der Waals surface area contributed by atoms with Crippen LogP contribution in [0.1, 0.15) is 69.4 Å². The van der Waals surface area contributed by atoms with Gasteiger partial charge in [-0.15, -0.1) is 0 Å². The van der Waals surface area contributed by atoms with E-state index in [-0.39, 0.29) is 24.8 Å². The SMILES string of the molecule is C[C@@]12C[C@H]1CC/C=C/Cc1c(nc3ccccc3c1OCc1ccccc1)OC1C[C@@H](C(=O)O)N(C1)C(=O)[C@H](C1CCCC1)NC(=O)O2. The number of amides is 2. The van der Waals surface area contributed by atoms with Crippen LogP contribution in [0.4, 0.5) is 4.79 Å². The van der Waals surface area contributed by atoms with Crippen LogP contribution >= 0.6 is 0 Å². The van der Waals surface area contributed by atoms with Crippen molar-refractivity contribution in [1.82, 2.24) is 15.2 Å². The predicted molar refractivity (Wildman–Crippen MR) is 179 cm³/mol. The zero-order chi connectivity index (χ0) is 33.3. The van der Waals surface area contributed by atoms with Crippen LogP contribution in [-0.2, 0) is 27.4 Å². The van der Waals surface area contributed by atoms with Crippen LogP contribution in [0.3, 0.4) is 0 Å². The van der Waals surface area contributed by atoms with Gasteiger partial charge >= 0.3 is 12.1 Å². The smallest absolute Gasteiger partial charge is 0.408 e. The highest BCUT2D eigenvalue weighted by molar-refractivity contribution is 5.90. The first-order valence-electron chi connectivity index (χ1n) is 17.2. The fourth-order valence-corrected chi connectivity index (χ4v) is 7.69. The molecule has 2 saturated carbocycles. The quantitative estimate of drug-likeness (QED) is 0.312. The minimum atomic E-state index is -1.11. The predicted octanol–water partition coefficient (Wildman–Crippen LogP) is 6.20. The lowest BCUT2D eigenvalue weighted by Crippen LogP contribution is -2.55. The Morgan fingerprint density at radius 3 is 2.62 bits per heavy atom. The summed E-state index contributed by atoms with van der Waals surface area (Å²) >= 11 is 0. The minimum Gasteiger partial charge on any atom is -0.488 e. The highest BCUT2D eigenvalue weighted by atomic mass is 16.6. The van der Waals surface area contributed by atoms with Crippen LogP contribution in [0.5, 0.6) is 11.6 Å². The third-order valence-corrected chi connectivity index (χ3v) is 10.5. The van der Waals surface area contributed by atoms with Crippen LogP contribution in [-0.4, -0.2) is 63.3 Å². The summed E-state index contributed by atoms with van der Waals surface area (Å²) in [7, 11) is 0. The van der Waals surface area contributed by atoms with E-state index in [4.69, 9.17) is 19.2 Å². The van der Waals surface area contributed by atoms with Gasteiger partial charge < -0.3 is 29.5 Å². The monoisotopic (exact) mass is 653 g/mol. The number of benzene rings is 2. The molecule has 3 fully saturated rings. The fraction of sp³-hybridized carbons (Fsp3) is 0.474. The molecule has 5 atom stereocenters. The first-order valence-corrected chi connectivity index (χ1v) is 17.2. The van der Waals surface area contributed by atoms with Crippen LogP contribution < -0.4 is 14.8 Å². The number of pyridine rings is 1. The number of fused-ring (bicyclic) bond motifs is 5. The number of hydrogen-bond acceptors (Lipinski definition) is 7. The van der Waals surface area contributed by atoms with E-state index in [2.05, 4.69) is 17.5 Å². The summed E-state index contributed by atoms with van der Waals surface area (Å²) in [6, 6.07) is 15.7. The Balaban J connectivity index is 1.26. The number of hydrogen-bond donors (Lipinski definition) is 2. The van der Waals surface area contributed by atoms with E-state index < -0.39 is 41.8 Å². The number of aliphatic carboxylic acids is 1. The molecule has 48 heavy (non-hydrogen) atoms. The van der Waals surface area contributed by atoms with E-state index in [0.29, 0.717) is 30.2 Å². The average molecular weight is 654 g/mol. The van der Waals surface area contributed by atoms with Gasteiger partial charge in [-0.1, -0.05) is 67.5 Å². The lowest BCUT2D eigenvalue weighted by molar-refractivity contribution is -0.149. The molecule has 2 aliphatic carbocycles. The van der Waals surface area contributed by atoms with Crippen LogP contribution in [0.2, 0.25) is 0 Å². The first-order chi connectivity index (χ1) is 23.3. The molecule has 3 heterocycles. The largest absolute Gasteiger partial charge is 0.488 e. The number of aromatic nitrogens is 1. The Hall–Kier alpha value is -4.60. The van der Waals surface area contributed by atoms with Gasteiger partial charge in [0.2, 0.25) is 11.8 Å². The number of rotatable bonds is 5. The van der Waals surface area contributed by atoms with E-state index in [1.165, 1.54) is 4.90 Å². The molecule has 10 heteroatoms. The molecule has 2 amide bonds. The zero-order valence-electron chi connectivity index (χ0n) is 27.3.